The van der Waals surface area contributed by atoms with Gasteiger partial charge in [-0.3, -0.25) is 9.59 Å². The Labute approximate surface area is 122 Å². The zero-order chi connectivity index (χ0) is 14.9. The third-order valence-corrected chi connectivity index (χ3v) is 3.73. The van der Waals surface area contributed by atoms with Gasteiger partial charge in [-0.05, 0) is 24.6 Å². The molecule has 21 heavy (non-hydrogen) atoms. The number of rotatable bonds is 3. The first-order chi connectivity index (χ1) is 10.2. The van der Waals surface area contributed by atoms with Crippen molar-refractivity contribution in [1.82, 2.24) is 0 Å². The first kappa shape index (κ1) is 13.4. The number of carbonyl (C=O) groups is 2. The standard InChI is InChI=1S/C17H14O4/c1-2-17(15(18)20-12-8-4-3-5-9-12)13-10-6-7-11-14(13)21-16(17)19/h3-11H,2H2,1H3. The van der Waals surface area contributed by atoms with E-state index in [9.17, 15) is 9.59 Å². The molecule has 0 radical (unpaired) electrons. The maximum absolute atomic E-state index is 12.6. The summed E-state index contributed by atoms with van der Waals surface area (Å²) >= 11 is 0. The molecule has 0 bridgehead atoms. The highest BCUT2D eigenvalue weighted by Crippen LogP contribution is 2.43. The van der Waals surface area contributed by atoms with Gasteiger partial charge in [0.1, 0.15) is 11.5 Å². The average molecular weight is 282 g/mol. The molecule has 1 atom stereocenters. The minimum atomic E-state index is -1.38. The molecule has 2 aromatic rings. The zero-order valence-electron chi connectivity index (χ0n) is 11.5. The fraction of sp³-hybridized carbons (Fsp3) is 0.176. The van der Waals surface area contributed by atoms with Crippen LogP contribution in [0.25, 0.3) is 0 Å². The van der Waals surface area contributed by atoms with E-state index in [0.29, 0.717) is 17.1 Å². The summed E-state index contributed by atoms with van der Waals surface area (Å²) in [6.07, 6.45) is 0.286. The van der Waals surface area contributed by atoms with E-state index in [2.05, 4.69) is 0 Å². The van der Waals surface area contributed by atoms with Crippen LogP contribution in [0.3, 0.4) is 0 Å². The highest BCUT2D eigenvalue weighted by atomic mass is 16.6. The van der Waals surface area contributed by atoms with Gasteiger partial charge < -0.3 is 9.47 Å². The van der Waals surface area contributed by atoms with Crippen LogP contribution in [0.2, 0.25) is 0 Å². The molecular weight excluding hydrogens is 268 g/mol. The SMILES string of the molecule is CCC1(C(=O)Oc2ccccc2)C(=O)Oc2ccccc21. The van der Waals surface area contributed by atoms with E-state index in [1.165, 1.54) is 0 Å². The molecule has 4 nitrogen and oxygen atoms in total. The largest absolute Gasteiger partial charge is 0.425 e. The van der Waals surface area contributed by atoms with Crippen LogP contribution in [-0.4, -0.2) is 11.9 Å². The monoisotopic (exact) mass is 282 g/mol. The normalized spacial score (nSPS) is 19.8. The summed E-state index contributed by atoms with van der Waals surface area (Å²) in [6.45, 7) is 1.77. The molecule has 1 aliphatic rings. The summed E-state index contributed by atoms with van der Waals surface area (Å²) in [5, 5.41) is 0. The quantitative estimate of drug-likeness (QED) is 0.493. The molecule has 1 unspecified atom stereocenters. The summed E-state index contributed by atoms with van der Waals surface area (Å²) in [4.78, 5) is 24.9. The van der Waals surface area contributed by atoms with Gasteiger partial charge in [0.05, 0.1) is 0 Å². The van der Waals surface area contributed by atoms with Crippen LogP contribution >= 0.6 is 0 Å². The third kappa shape index (κ3) is 2.00. The van der Waals surface area contributed by atoms with Gasteiger partial charge in [0, 0.05) is 5.56 Å². The number of para-hydroxylation sites is 2. The Morgan fingerprint density at radius 1 is 1.10 bits per heavy atom. The second kappa shape index (κ2) is 5.05. The molecule has 0 fully saturated rings. The highest BCUT2D eigenvalue weighted by molar-refractivity contribution is 6.10. The molecule has 2 aromatic carbocycles. The van der Waals surface area contributed by atoms with Gasteiger partial charge in [-0.1, -0.05) is 43.3 Å². The van der Waals surface area contributed by atoms with E-state index in [1.807, 2.05) is 6.07 Å². The predicted octanol–water partition coefficient (Wildman–Crippen LogP) is 2.86. The van der Waals surface area contributed by atoms with Gasteiger partial charge in [0.2, 0.25) is 0 Å². The van der Waals surface area contributed by atoms with Crippen molar-refractivity contribution < 1.29 is 19.1 Å². The van der Waals surface area contributed by atoms with Gasteiger partial charge in [0.25, 0.3) is 0 Å². The lowest BCUT2D eigenvalue weighted by Crippen LogP contribution is -2.44. The summed E-state index contributed by atoms with van der Waals surface area (Å²) in [6, 6.07) is 15.7. The number of ether oxygens (including phenoxy) is 2. The maximum atomic E-state index is 12.6. The van der Waals surface area contributed by atoms with E-state index in [4.69, 9.17) is 9.47 Å². The smallest absolute Gasteiger partial charge is 0.333 e. The first-order valence-electron chi connectivity index (χ1n) is 6.77. The Kier molecular flexibility index (Phi) is 3.22. The summed E-state index contributed by atoms with van der Waals surface area (Å²) < 4.78 is 10.6. The molecule has 0 aromatic heterocycles. The predicted molar refractivity (Wildman–Crippen MR) is 76.1 cm³/mol. The maximum Gasteiger partial charge on any atom is 0.333 e. The van der Waals surface area contributed by atoms with Crippen LogP contribution in [-0.2, 0) is 15.0 Å². The molecule has 106 valence electrons. The van der Waals surface area contributed by atoms with Crippen molar-refractivity contribution in [2.24, 2.45) is 0 Å². The number of hydrogen-bond acceptors (Lipinski definition) is 4. The van der Waals surface area contributed by atoms with E-state index in [-0.39, 0.29) is 6.42 Å². The fourth-order valence-corrected chi connectivity index (χ4v) is 2.56. The van der Waals surface area contributed by atoms with Crippen molar-refractivity contribution in [1.29, 1.82) is 0 Å². The van der Waals surface area contributed by atoms with E-state index in [1.54, 1.807) is 55.5 Å². The Morgan fingerprint density at radius 2 is 1.76 bits per heavy atom. The van der Waals surface area contributed by atoms with E-state index in [0.717, 1.165) is 0 Å². The topological polar surface area (TPSA) is 52.6 Å². The molecule has 0 saturated carbocycles. The van der Waals surface area contributed by atoms with Crippen LogP contribution in [0.1, 0.15) is 18.9 Å². The van der Waals surface area contributed by atoms with Crippen molar-refractivity contribution in [2.45, 2.75) is 18.8 Å². The first-order valence-corrected chi connectivity index (χ1v) is 6.77. The van der Waals surface area contributed by atoms with Crippen molar-refractivity contribution in [3.05, 3.63) is 60.2 Å². The van der Waals surface area contributed by atoms with Crippen LogP contribution in [0.4, 0.5) is 0 Å². The number of esters is 2. The average Bonchev–Trinajstić information content (AvgIpc) is 2.80. The molecule has 1 heterocycles. The van der Waals surface area contributed by atoms with Crippen molar-refractivity contribution in [3.63, 3.8) is 0 Å². The molecule has 0 saturated heterocycles. The van der Waals surface area contributed by atoms with Gasteiger partial charge in [0.15, 0.2) is 5.41 Å². The Balaban J connectivity index is 2.01. The van der Waals surface area contributed by atoms with Crippen LogP contribution in [0, 0.1) is 0 Å². The summed E-state index contributed by atoms with van der Waals surface area (Å²) in [5.74, 6) is -0.347. The zero-order valence-corrected chi connectivity index (χ0v) is 11.5. The fourth-order valence-electron chi connectivity index (χ4n) is 2.56. The molecule has 1 aliphatic heterocycles. The van der Waals surface area contributed by atoms with E-state index < -0.39 is 17.4 Å². The van der Waals surface area contributed by atoms with Gasteiger partial charge in [-0.15, -0.1) is 0 Å². The number of hydrogen-bond donors (Lipinski definition) is 0. The lowest BCUT2D eigenvalue weighted by molar-refractivity contribution is -0.152. The van der Waals surface area contributed by atoms with Gasteiger partial charge in [-0.25, -0.2) is 0 Å². The van der Waals surface area contributed by atoms with Crippen molar-refractivity contribution in [2.75, 3.05) is 0 Å². The van der Waals surface area contributed by atoms with Gasteiger partial charge in [-0.2, -0.15) is 0 Å². The van der Waals surface area contributed by atoms with Crippen LogP contribution in [0.15, 0.2) is 54.6 Å². The third-order valence-electron chi connectivity index (χ3n) is 3.73. The summed E-state index contributed by atoms with van der Waals surface area (Å²) in [7, 11) is 0. The molecular formula is C17H14O4. The number of carbonyl (C=O) groups excluding carboxylic acids is 2. The Bertz CT molecular complexity index is 693. The van der Waals surface area contributed by atoms with Gasteiger partial charge >= 0.3 is 11.9 Å². The molecule has 0 N–H and O–H groups in total. The second-order valence-electron chi connectivity index (χ2n) is 4.85. The van der Waals surface area contributed by atoms with Crippen LogP contribution < -0.4 is 9.47 Å². The lowest BCUT2D eigenvalue weighted by atomic mass is 9.79. The highest BCUT2D eigenvalue weighted by Gasteiger charge is 2.55. The number of benzene rings is 2. The second-order valence-corrected chi connectivity index (χ2v) is 4.85. The minimum Gasteiger partial charge on any atom is -0.425 e. The number of fused-ring (bicyclic) bond motifs is 1. The molecule has 0 spiro atoms. The molecule has 4 heteroatoms. The molecule has 0 amide bonds. The van der Waals surface area contributed by atoms with Crippen LogP contribution in [0.5, 0.6) is 11.5 Å². The van der Waals surface area contributed by atoms with Crippen molar-refractivity contribution in [3.8, 4) is 11.5 Å². The Morgan fingerprint density at radius 3 is 2.48 bits per heavy atom. The Hall–Kier alpha value is -2.62. The van der Waals surface area contributed by atoms with Crippen molar-refractivity contribution >= 4 is 11.9 Å². The lowest BCUT2D eigenvalue weighted by Gasteiger charge is -2.21. The summed E-state index contributed by atoms with van der Waals surface area (Å²) in [5.41, 5.74) is -0.815. The van der Waals surface area contributed by atoms with E-state index >= 15 is 0 Å². The molecule has 0 aliphatic carbocycles. The molecule has 3 rings (SSSR count). The minimum absolute atomic E-state index is 0.286.